The van der Waals surface area contributed by atoms with Gasteiger partial charge in [-0.2, -0.15) is 10.2 Å². The number of primary amides is 1. The molecule has 3 heterocycles. The summed E-state index contributed by atoms with van der Waals surface area (Å²) in [6.45, 7) is 3.27. The largest absolute Gasteiger partial charge is 0.383 e. The quantitative estimate of drug-likeness (QED) is 0.544. The third-order valence-corrected chi connectivity index (χ3v) is 6.32. The van der Waals surface area contributed by atoms with E-state index < -0.39 is 5.91 Å². The molecule has 1 fully saturated rings. The SMILES string of the molecule is CC#CC(=O)N1CCC[C@H](n2nc(-c3cnn(Cc4ccccc4Cl)c3)c(C(N)=O)c2N)CC1. The van der Waals surface area contributed by atoms with Gasteiger partial charge in [-0.05, 0) is 43.7 Å². The molecular weight excluding hydrogens is 454 g/mol. The van der Waals surface area contributed by atoms with Crippen molar-refractivity contribution in [2.45, 2.75) is 38.8 Å². The molecule has 4 N–H and O–H groups in total. The Bertz CT molecular complexity index is 1280. The van der Waals surface area contributed by atoms with Crippen LogP contribution in [0.2, 0.25) is 5.02 Å². The number of hydrogen-bond donors (Lipinski definition) is 2. The van der Waals surface area contributed by atoms with Gasteiger partial charge in [0.25, 0.3) is 11.8 Å². The van der Waals surface area contributed by atoms with Crippen molar-refractivity contribution in [3.8, 4) is 23.1 Å². The van der Waals surface area contributed by atoms with Gasteiger partial charge in [0.2, 0.25) is 0 Å². The molecule has 3 aromatic rings. The van der Waals surface area contributed by atoms with Gasteiger partial charge < -0.3 is 16.4 Å². The number of nitrogens with zero attached hydrogens (tertiary/aromatic N) is 5. The minimum atomic E-state index is -0.652. The highest BCUT2D eigenvalue weighted by Crippen LogP contribution is 2.32. The van der Waals surface area contributed by atoms with Gasteiger partial charge in [0.1, 0.15) is 17.1 Å². The molecule has 0 spiro atoms. The number of hydrogen-bond acceptors (Lipinski definition) is 5. The van der Waals surface area contributed by atoms with Crippen LogP contribution in [-0.4, -0.2) is 49.4 Å². The average molecular weight is 480 g/mol. The van der Waals surface area contributed by atoms with Crippen molar-refractivity contribution < 1.29 is 9.59 Å². The first-order chi connectivity index (χ1) is 16.4. The molecule has 1 aromatic carbocycles. The monoisotopic (exact) mass is 479 g/mol. The number of halogens is 1. The van der Waals surface area contributed by atoms with Gasteiger partial charge >= 0.3 is 0 Å². The normalized spacial score (nSPS) is 15.9. The summed E-state index contributed by atoms with van der Waals surface area (Å²) in [7, 11) is 0. The highest BCUT2D eigenvalue weighted by atomic mass is 35.5. The molecule has 4 rings (SSSR count). The number of nitrogens with two attached hydrogens (primary N) is 2. The van der Waals surface area contributed by atoms with Crippen LogP contribution in [-0.2, 0) is 11.3 Å². The summed E-state index contributed by atoms with van der Waals surface area (Å²) < 4.78 is 3.39. The van der Waals surface area contributed by atoms with E-state index in [1.54, 1.807) is 33.6 Å². The Morgan fingerprint density at radius 3 is 2.76 bits per heavy atom. The average Bonchev–Trinajstić information content (AvgIpc) is 3.31. The molecule has 2 aromatic heterocycles. The van der Waals surface area contributed by atoms with Crippen molar-refractivity contribution in [1.29, 1.82) is 0 Å². The first kappa shape index (κ1) is 23.4. The zero-order chi connectivity index (χ0) is 24.2. The van der Waals surface area contributed by atoms with Crippen LogP contribution < -0.4 is 11.5 Å². The number of rotatable bonds is 5. The van der Waals surface area contributed by atoms with E-state index in [2.05, 4.69) is 16.9 Å². The number of benzene rings is 1. The summed E-state index contributed by atoms with van der Waals surface area (Å²) in [5.41, 5.74) is 14.2. The first-order valence-electron chi connectivity index (χ1n) is 11.0. The highest BCUT2D eigenvalue weighted by Gasteiger charge is 2.28. The first-order valence-corrected chi connectivity index (χ1v) is 11.4. The van der Waals surface area contributed by atoms with Crippen molar-refractivity contribution in [2.75, 3.05) is 18.8 Å². The molecule has 1 aliphatic rings. The summed E-state index contributed by atoms with van der Waals surface area (Å²) in [6, 6.07) is 7.46. The minimum absolute atomic E-state index is 0.0718. The third kappa shape index (κ3) is 4.77. The van der Waals surface area contributed by atoms with E-state index in [9.17, 15) is 9.59 Å². The van der Waals surface area contributed by atoms with E-state index >= 15 is 0 Å². The second kappa shape index (κ2) is 10.0. The van der Waals surface area contributed by atoms with E-state index in [-0.39, 0.29) is 23.3 Å². The molecule has 9 nitrogen and oxygen atoms in total. The molecule has 1 saturated heterocycles. The molecule has 0 radical (unpaired) electrons. The Morgan fingerprint density at radius 1 is 1.24 bits per heavy atom. The summed E-state index contributed by atoms with van der Waals surface area (Å²) >= 11 is 6.27. The Labute approximate surface area is 202 Å². The maximum Gasteiger partial charge on any atom is 0.298 e. The van der Waals surface area contributed by atoms with Crippen LogP contribution in [0.4, 0.5) is 5.82 Å². The third-order valence-electron chi connectivity index (χ3n) is 5.95. The molecule has 176 valence electrons. The maximum absolute atomic E-state index is 12.3. The number of anilines is 1. The number of aromatic nitrogens is 4. The number of carbonyl (C=O) groups is 2. The van der Waals surface area contributed by atoms with Crippen LogP contribution in [0.3, 0.4) is 0 Å². The molecule has 0 aliphatic carbocycles. The van der Waals surface area contributed by atoms with Gasteiger partial charge in [0.15, 0.2) is 0 Å². The summed E-state index contributed by atoms with van der Waals surface area (Å²) in [6.07, 6.45) is 5.61. The summed E-state index contributed by atoms with van der Waals surface area (Å²) in [5.74, 6) is 4.64. The Balaban J connectivity index is 1.61. The molecule has 10 heteroatoms. The second-order valence-electron chi connectivity index (χ2n) is 8.19. The fourth-order valence-corrected chi connectivity index (χ4v) is 4.45. The summed E-state index contributed by atoms with van der Waals surface area (Å²) in [4.78, 5) is 26.2. The van der Waals surface area contributed by atoms with Gasteiger partial charge in [-0.15, -0.1) is 0 Å². The summed E-state index contributed by atoms with van der Waals surface area (Å²) in [5, 5.41) is 9.74. The van der Waals surface area contributed by atoms with Crippen LogP contribution in [0.1, 0.15) is 48.1 Å². The second-order valence-corrected chi connectivity index (χ2v) is 8.59. The van der Waals surface area contributed by atoms with Gasteiger partial charge in [-0.25, -0.2) is 4.68 Å². The predicted molar refractivity (Wildman–Crippen MR) is 130 cm³/mol. The number of nitrogen functional groups attached to an aromatic ring is 1. The lowest BCUT2D eigenvalue weighted by atomic mass is 10.1. The Morgan fingerprint density at radius 2 is 2.03 bits per heavy atom. The predicted octanol–water partition coefficient (Wildman–Crippen LogP) is 2.71. The Kier molecular flexibility index (Phi) is 6.89. The molecular formula is C24H26ClN7O2. The lowest BCUT2D eigenvalue weighted by molar-refractivity contribution is -0.125. The van der Waals surface area contributed by atoms with Gasteiger partial charge in [0.05, 0.1) is 18.8 Å². The molecule has 1 aliphatic heterocycles. The van der Waals surface area contributed by atoms with E-state index in [4.69, 9.17) is 28.2 Å². The van der Waals surface area contributed by atoms with Crippen LogP contribution in [0.25, 0.3) is 11.3 Å². The topological polar surface area (TPSA) is 125 Å². The molecule has 0 unspecified atom stereocenters. The minimum Gasteiger partial charge on any atom is -0.383 e. The van der Waals surface area contributed by atoms with E-state index in [1.165, 1.54) is 0 Å². The maximum atomic E-state index is 12.3. The standard InChI is InChI=1S/C24H26ClN7O2/c1-2-6-20(33)30-11-5-8-18(10-12-30)32-23(26)21(24(27)34)22(29-32)17-13-28-31(15-17)14-16-7-3-4-9-19(16)25/h3-4,7,9,13,15,18H,5,8,10-12,14,26H2,1H3,(H2,27,34)/t18-/m0/s1. The molecule has 34 heavy (non-hydrogen) atoms. The lowest BCUT2D eigenvalue weighted by Crippen LogP contribution is -2.31. The number of carbonyl (C=O) groups excluding carboxylic acids is 2. The fraction of sp³-hybridized carbons (Fsp3) is 0.333. The van der Waals surface area contributed by atoms with Crippen molar-refractivity contribution in [3.63, 3.8) is 0 Å². The van der Waals surface area contributed by atoms with Crippen LogP contribution in [0.15, 0.2) is 36.7 Å². The van der Waals surface area contributed by atoms with E-state index in [1.807, 2.05) is 24.3 Å². The molecule has 0 bridgehead atoms. The molecule has 2 amide bonds. The zero-order valence-corrected chi connectivity index (χ0v) is 19.6. The van der Waals surface area contributed by atoms with Crippen molar-refractivity contribution in [2.24, 2.45) is 5.73 Å². The van der Waals surface area contributed by atoms with Gasteiger partial charge in [-0.3, -0.25) is 14.3 Å². The van der Waals surface area contributed by atoms with Crippen LogP contribution >= 0.6 is 11.6 Å². The van der Waals surface area contributed by atoms with E-state index in [0.717, 1.165) is 18.4 Å². The van der Waals surface area contributed by atoms with Crippen LogP contribution in [0, 0.1) is 11.8 Å². The van der Waals surface area contributed by atoms with E-state index in [0.29, 0.717) is 42.3 Å². The highest BCUT2D eigenvalue weighted by molar-refractivity contribution is 6.31. The van der Waals surface area contributed by atoms with Crippen molar-refractivity contribution in [1.82, 2.24) is 24.5 Å². The van der Waals surface area contributed by atoms with Gasteiger partial charge in [0, 0.05) is 29.9 Å². The van der Waals surface area contributed by atoms with Crippen LogP contribution in [0.5, 0.6) is 0 Å². The van der Waals surface area contributed by atoms with Crippen molar-refractivity contribution in [3.05, 3.63) is 52.8 Å². The lowest BCUT2D eigenvalue weighted by Gasteiger charge is -2.18. The number of amides is 2. The fourth-order valence-electron chi connectivity index (χ4n) is 4.26. The number of likely N-dealkylation sites (tertiary alicyclic amines) is 1. The van der Waals surface area contributed by atoms with Crippen molar-refractivity contribution >= 4 is 29.2 Å². The van der Waals surface area contributed by atoms with Gasteiger partial charge in [-0.1, -0.05) is 35.7 Å². The smallest absolute Gasteiger partial charge is 0.298 e. The molecule has 0 saturated carbocycles. The molecule has 1 atom stereocenters. The zero-order valence-electron chi connectivity index (χ0n) is 18.9. The Hall–Kier alpha value is -3.77.